The molecule has 0 aromatic heterocycles. The Hall–Kier alpha value is -2.34. The third kappa shape index (κ3) is 3.75. The highest BCUT2D eigenvalue weighted by atomic mass is 16.6. The van der Waals surface area contributed by atoms with E-state index in [1.165, 1.54) is 0 Å². The molecule has 5 rings (SSSR count). The van der Waals surface area contributed by atoms with Crippen molar-refractivity contribution in [2.24, 2.45) is 0 Å². The summed E-state index contributed by atoms with van der Waals surface area (Å²) in [5.41, 5.74) is 0.457. The van der Waals surface area contributed by atoms with Crippen molar-refractivity contribution >= 4 is 18.6 Å². The summed E-state index contributed by atoms with van der Waals surface area (Å²) in [7, 11) is 2.00. The average Bonchev–Trinajstić information content (AvgIpc) is 3.45. The Labute approximate surface area is 179 Å². The molecule has 0 radical (unpaired) electrons. The molecule has 31 heavy (non-hydrogen) atoms. The van der Waals surface area contributed by atoms with Crippen LogP contribution in [0.2, 0.25) is 5.82 Å². The fraction of sp³-hybridized carbons (Fsp3) is 0.600. The Morgan fingerprint density at radius 1 is 1.26 bits per heavy atom. The van der Waals surface area contributed by atoms with Gasteiger partial charge in [-0.05, 0) is 24.6 Å². The van der Waals surface area contributed by atoms with Crippen molar-refractivity contribution in [1.82, 2.24) is 9.80 Å². The molecule has 0 spiro atoms. The van der Waals surface area contributed by atoms with Crippen LogP contribution in [0, 0.1) is 0 Å². The molecule has 10 nitrogen and oxygen atoms in total. The number of nitrogens with zero attached hydrogens (tertiary/aromatic N) is 2. The highest BCUT2D eigenvalue weighted by molar-refractivity contribution is 6.62. The van der Waals surface area contributed by atoms with Crippen molar-refractivity contribution in [3.8, 4) is 11.5 Å². The molecule has 1 aromatic carbocycles. The smallest absolute Gasteiger partial charge is 0.434 e. The molecule has 2 unspecified atom stereocenters. The van der Waals surface area contributed by atoms with Crippen LogP contribution in [-0.4, -0.2) is 95.6 Å². The molecule has 2 saturated heterocycles. The highest BCUT2D eigenvalue weighted by Crippen LogP contribution is 2.63. The molecular formula is C20H26BN2O8-. The molecule has 3 aliphatic heterocycles. The summed E-state index contributed by atoms with van der Waals surface area (Å²) in [6.45, 7) is -0.175. The van der Waals surface area contributed by atoms with Gasteiger partial charge >= 0.3 is 12.7 Å². The summed E-state index contributed by atoms with van der Waals surface area (Å²) in [6, 6.07) is 3.32. The number of carbonyl (C=O) groups excluding carboxylic acids is 1. The van der Waals surface area contributed by atoms with Crippen LogP contribution in [0.5, 0.6) is 11.5 Å². The Morgan fingerprint density at radius 2 is 2.03 bits per heavy atom. The molecule has 1 aromatic rings. The van der Waals surface area contributed by atoms with E-state index in [0.717, 1.165) is 13.1 Å². The average molecular weight is 433 g/mol. The summed E-state index contributed by atoms with van der Waals surface area (Å²) in [4.78, 5) is 28.2. The molecule has 3 fully saturated rings. The molecule has 1 aliphatic carbocycles. The lowest BCUT2D eigenvalue weighted by molar-refractivity contribution is -0.144. The zero-order valence-corrected chi connectivity index (χ0v) is 17.3. The maximum absolute atomic E-state index is 12.5. The molecular weight excluding hydrogens is 407 g/mol. The number of benzene rings is 1. The van der Waals surface area contributed by atoms with Gasteiger partial charge in [0.25, 0.3) is 0 Å². The summed E-state index contributed by atoms with van der Waals surface area (Å²) >= 11 is 0. The van der Waals surface area contributed by atoms with Crippen molar-refractivity contribution < 1.29 is 38.9 Å². The lowest BCUT2D eigenvalue weighted by atomic mass is 9.68. The maximum Gasteiger partial charge on any atom is 0.434 e. The molecule has 1 amide bonds. The van der Waals surface area contributed by atoms with E-state index in [1.807, 2.05) is 7.05 Å². The summed E-state index contributed by atoms with van der Waals surface area (Å²) in [6.07, 6.45) is 0.405. The molecule has 0 bridgehead atoms. The van der Waals surface area contributed by atoms with Crippen LogP contribution < -0.4 is 9.39 Å². The van der Waals surface area contributed by atoms with E-state index in [4.69, 9.17) is 14.1 Å². The van der Waals surface area contributed by atoms with Crippen LogP contribution in [0.1, 0.15) is 34.7 Å². The largest absolute Gasteiger partial charge is 0.669 e. The number of hydrogen-bond donors (Lipinski definition) is 3. The van der Waals surface area contributed by atoms with Crippen molar-refractivity contribution in [2.45, 2.75) is 36.8 Å². The first-order chi connectivity index (χ1) is 14.7. The summed E-state index contributed by atoms with van der Waals surface area (Å²) < 4.78 is 16.8. The minimum absolute atomic E-state index is 0.0137. The van der Waals surface area contributed by atoms with Gasteiger partial charge in [0.1, 0.15) is 17.4 Å². The van der Waals surface area contributed by atoms with Crippen LogP contribution in [0.15, 0.2) is 12.1 Å². The van der Waals surface area contributed by atoms with Crippen LogP contribution in [0.3, 0.4) is 0 Å². The van der Waals surface area contributed by atoms with E-state index in [0.29, 0.717) is 38.1 Å². The van der Waals surface area contributed by atoms with E-state index < -0.39 is 12.7 Å². The van der Waals surface area contributed by atoms with Gasteiger partial charge in [-0.1, -0.05) is 18.3 Å². The van der Waals surface area contributed by atoms with E-state index in [-0.39, 0.29) is 46.9 Å². The Bertz CT molecular complexity index is 919. The van der Waals surface area contributed by atoms with Gasteiger partial charge < -0.3 is 39.1 Å². The molecule has 3 N–H and O–H groups in total. The number of ether oxygens (including phenoxy) is 2. The predicted molar refractivity (Wildman–Crippen MR) is 108 cm³/mol. The second-order valence-electron chi connectivity index (χ2n) is 9.04. The number of fused-ring (bicyclic) bond motifs is 3. The fourth-order valence-corrected chi connectivity index (χ4v) is 4.82. The first kappa shape index (κ1) is 20.6. The number of aromatic carboxylic acids is 1. The van der Waals surface area contributed by atoms with Gasteiger partial charge in [-0.3, -0.25) is 4.79 Å². The molecule has 1 saturated carbocycles. The standard InChI is InChI=1S/C20H26BN2O8/c1-22-4-5-29-11(8-22)6-17(24)23-9-12(10-23)30-16-3-2-13-14-7-15(14)21(27,28)31-19(13)18(16)20(25)26/h2-3,11-12,14-15,27-28H,4-10H2,1H3,(H,25,26)/q-1/t11-,14?,15?/m1/s1. The number of hydrogen-bond acceptors (Lipinski definition) is 8. The van der Waals surface area contributed by atoms with Gasteiger partial charge in [0.2, 0.25) is 5.91 Å². The fourth-order valence-electron chi connectivity index (χ4n) is 4.82. The van der Waals surface area contributed by atoms with Gasteiger partial charge in [0, 0.05) is 13.1 Å². The Kier molecular flexibility index (Phi) is 4.89. The van der Waals surface area contributed by atoms with E-state index in [1.54, 1.807) is 17.0 Å². The minimum atomic E-state index is -3.08. The van der Waals surface area contributed by atoms with Gasteiger partial charge in [-0.15, -0.1) is 0 Å². The van der Waals surface area contributed by atoms with Crippen LogP contribution in [-0.2, 0) is 9.53 Å². The number of carbonyl (C=O) groups is 2. The zero-order valence-electron chi connectivity index (χ0n) is 17.3. The second kappa shape index (κ2) is 7.37. The molecule has 4 aliphatic rings. The number of carboxylic acids is 1. The van der Waals surface area contributed by atoms with Crippen LogP contribution in [0.25, 0.3) is 0 Å². The lowest BCUT2D eigenvalue weighted by Gasteiger charge is -2.41. The quantitative estimate of drug-likeness (QED) is 0.544. The van der Waals surface area contributed by atoms with E-state index >= 15 is 0 Å². The number of carboxylic acid groups (broad SMARTS) is 1. The Balaban J connectivity index is 1.24. The molecule has 11 heteroatoms. The van der Waals surface area contributed by atoms with Crippen molar-refractivity contribution in [3.63, 3.8) is 0 Å². The van der Waals surface area contributed by atoms with E-state index in [2.05, 4.69) is 4.90 Å². The normalized spacial score (nSPS) is 29.3. The third-order valence-corrected chi connectivity index (χ3v) is 6.69. The molecule has 168 valence electrons. The van der Waals surface area contributed by atoms with E-state index in [9.17, 15) is 24.7 Å². The maximum atomic E-state index is 12.5. The van der Waals surface area contributed by atoms with Gasteiger partial charge in [0.05, 0.1) is 38.0 Å². The number of likely N-dealkylation sites (N-methyl/N-ethyl adjacent to an activating group) is 1. The van der Waals surface area contributed by atoms with Gasteiger partial charge in [0.15, 0.2) is 0 Å². The van der Waals surface area contributed by atoms with Crippen molar-refractivity contribution in [1.29, 1.82) is 0 Å². The topological polar surface area (TPSA) is 129 Å². The monoisotopic (exact) mass is 433 g/mol. The first-order valence-corrected chi connectivity index (χ1v) is 10.7. The third-order valence-electron chi connectivity index (χ3n) is 6.69. The summed E-state index contributed by atoms with van der Waals surface area (Å²) in [5.74, 6) is -1.70. The first-order valence-electron chi connectivity index (χ1n) is 10.7. The SMILES string of the molecule is CN1CCO[C@H](CC(=O)N2CC(Oc3ccc4c(c3C(=O)O)O[B-](O)(O)C3CC43)C2)C1. The number of rotatable bonds is 5. The minimum Gasteiger partial charge on any atom is -0.669 e. The summed E-state index contributed by atoms with van der Waals surface area (Å²) in [5, 5.41) is 30.0. The highest BCUT2D eigenvalue weighted by Gasteiger charge is 2.55. The molecule has 3 heterocycles. The number of amides is 1. The van der Waals surface area contributed by atoms with Crippen LogP contribution in [0.4, 0.5) is 0 Å². The van der Waals surface area contributed by atoms with Crippen molar-refractivity contribution in [3.05, 3.63) is 23.3 Å². The second-order valence-corrected chi connectivity index (χ2v) is 9.04. The Morgan fingerprint density at radius 3 is 2.74 bits per heavy atom. The van der Waals surface area contributed by atoms with Gasteiger partial charge in [-0.25, -0.2) is 4.79 Å². The number of likely N-dealkylation sites (tertiary alicyclic amines) is 1. The number of morpholine rings is 1. The van der Waals surface area contributed by atoms with Gasteiger partial charge in [-0.2, -0.15) is 0 Å². The van der Waals surface area contributed by atoms with Crippen LogP contribution >= 0.6 is 0 Å². The lowest BCUT2D eigenvalue weighted by Crippen LogP contribution is -2.57. The molecule has 3 atom stereocenters. The van der Waals surface area contributed by atoms with Crippen molar-refractivity contribution in [2.75, 3.05) is 39.8 Å². The zero-order chi connectivity index (χ0) is 21.9. The predicted octanol–water partition coefficient (Wildman–Crippen LogP) is -0.132.